The van der Waals surface area contributed by atoms with E-state index in [1.54, 1.807) is 0 Å². The summed E-state index contributed by atoms with van der Waals surface area (Å²) in [6.07, 6.45) is 4.84. The van der Waals surface area contributed by atoms with Gasteiger partial charge in [0.2, 0.25) is 0 Å². The Labute approximate surface area is 477 Å². The Balaban J connectivity index is 0.000000121. The van der Waals surface area contributed by atoms with Gasteiger partial charge in [-0.1, -0.05) is 206 Å². The number of halogens is 1. The molecule has 0 saturated carbocycles. The summed E-state index contributed by atoms with van der Waals surface area (Å²) in [5.41, 5.74) is 23.0. The van der Waals surface area contributed by atoms with Crippen molar-refractivity contribution in [2.75, 3.05) is 0 Å². The molecule has 0 bridgehead atoms. The van der Waals surface area contributed by atoms with Gasteiger partial charge >= 0.3 is 0 Å². The highest BCUT2D eigenvalue weighted by atomic mass is 79.9. The number of fused-ring (bicyclic) bond motifs is 10. The van der Waals surface area contributed by atoms with Gasteiger partial charge in [-0.15, -0.1) is 0 Å². The van der Waals surface area contributed by atoms with Gasteiger partial charge in [-0.05, 0) is 133 Å². The van der Waals surface area contributed by atoms with Crippen molar-refractivity contribution in [2.24, 2.45) is 0 Å². The van der Waals surface area contributed by atoms with Crippen LogP contribution in [0.4, 0.5) is 0 Å². The largest absolute Gasteiger partial charge is 0.299 e. The van der Waals surface area contributed by atoms with Crippen molar-refractivity contribution >= 4 is 59.8 Å². The van der Waals surface area contributed by atoms with E-state index in [2.05, 4.69) is 258 Å². The molecule has 0 spiro atoms. The quantitative estimate of drug-likeness (QED) is 0.149. The summed E-state index contributed by atoms with van der Waals surface area (Å²) in [5.74, 6) is 0.875. The average molecular weight is 1110 g/mol. The fraction of sp³-hybridized carbons (Fsp3) is 0.0137. The number of para-hydroxylation sites is 3. The van der Waals surface area contributed by atoms with Crippen LogP contribution in [-0.4, -0.2) is 33.6 Å². The molecule has 0 atom stereocenters. The highest BCUT2D eigenvalue weighted by Gasteiger charge is 2.24. The van der Waals surface area contributed by atoms with E-state index in [1.807, 2.05) is 73.3 Å². The van der Waals surface area contributed by atoms with Crippen LogP contribution in [-0.2, 0) is 6.42 Å². The summed E-state index contributed by atoms with van der Waals surface area (Å²) >= 11 is 3.50. The monoisotopic (exact) mass is 1100 g/mol. The minimum Gasteiger partial charge on any atom is -0.299 e. The number of hydrogen-bond donors (Lipinski definition) is 0. The number of nitrogens with zero attached hydrogens (tertiary/aromatic N) is 7. The molecule has 16 rings (SSSR count). The lowest BCUT2D eigenvalue weighted by atomic mass is 10.0. The summed E-state index contributed by atoms with van der Waals surface area (Å²) in [6.45, 7) is 0. The van der Waals surface area contributed by atoms with Gasteiger partial charge in [0, 0.05) is 39.7 Å². The molecule has 1 aliphatic carbocycles. The Hall–Kier alpha value is -10.3. The van der Waals surface area contributed by atoms with Crippen molar-refractivity contribution in [1.29, 1.82) is 0 Å². The van der Waals surface area contributed by atoms with Crippen molar-refractivity contribution in [3.8, 4) is 73.1 Å². The molecule has 0 N–H and O–H groups in total. The van der Waals surface area contributed by atoms with E-state index in [4.69, 9.17) is 9.97 Å². The lowest BCUT2D eigenvalue weighted by molar-refractivity contribution is 1.07. The minimum atomic E-state index is 0.854. The molecule has 81 heavy (non-hydrogen) atoms. The Morgan fingerprint density at radius 3 is 1.44 bits per heavy atom. The number of imidazole rings is 2. The summed E-state index contributed by atoms with van der Waals surface area (Å²) < 4.78 is 7.56. The van der Waals surface area contributed by atoms with E-state index in [-0.39, 0.29) is 0 Å². The zero-order chi connectivity index (χ0) is 54.1. The van der Waals surface area contributed by atoms with E-state index in [1.165, 1.54) is 49.7 Å². The highest BCUT2D eigenvalue weighted by molar-refractivity contribution is 9.10. The Morgan fingerprint density at radius 2 is 0.827 bits per heavy atom. The third kappa shape index (κ3) is 9.47. The predicted octanol–water partition coefficient (Wildman–Crippen LogP) is 18.6. The summed E-state index contributed by atoms with van der Waals surface area (Å²) in [5, 5.41) is 2.36. The second-order valence-corrected chi connectivity index (χ2v) is 20.8. The van der Waals surface area contributed by atoms with Gasteiger partial charge < -0.3 is 0 Å². The fourth-order valence-electron chi connectivity index (χ4n) is 11.3. The fourth-order valence-corrected chi connectivity index (χ4v) is 11.8. The van der Waals surface area contributed by atoms with Crippen molar-refractivity contribution < 1.29 is 0 Å². The van der Waals surface area contributed by atoms with Gasteiger partial charge in [-0.25, -0.2) is 19.9 Å². The Morgan fingerprint density at radius 1 is 0.346 bits per heavy atom. The van der Waals surface area contributed by atoms with Crippen LogP contribution in [0.3, 0.4) is 0 Å². The van der Waals surface area contributed by atoms with E-state index in [9.17, 15) is 0 Å². The molecule has 7 nitrogen and oxygen atoms in total. The number of rotatable bonds is 7. The van der Waals surface area contributed by atoms with Crippen LogP contribution in [0.25, 0.3) is 117 Å². The zero-order valence-electron chi connectivity index (χ0n) is 43.9. The second-order valence-electron chi connectivity index (χ2n) is 20.0. The third-order valence-electron chi connectivity index (χ3n) is 15.1. The number of benzene rings is 10. The predicted molar refractivity (Wildman–Crippen MR) is 336 cm³/mol. The maximum atomic E-state index is 5.30. The molecule has 0 amide bonds. The van der Waals surface area contributed by atoms with E-state index >= 15 is 0 Å². The Bertz CT molecular complexity index is 4590. The molecule has 10 aromatic carbocycles. The van der Waals surface area contributed by atoms with Gasteiger partial charge in [-0.2, -0.15) is 0 Å². The highest BCUT2D eigenvalue weighted by Crippen LogP contribution is 2.42. The van der Waals surface area contributed by atoms with Crippen LogP contribution in [0.1, 0.15) is 11.1 Å². The summed E-state index contributed by atoms with van der Waals surface area (Å²) in [4.78, 5) is 19.3. The average Bonchev–Trinajstić information content (AvgIpc) is 4.38. The molecule has 0 unspecified atom stereocenters. The normalized spacial score (nSPS) is 11.5. The third-order valence-corrected chi connectivity index (χ3v) is 15.5. The molecule has 0 radical (unpaired) electrons. The number of aromatic nitrogens is 7. The van der Waals surface area contributed by atoms with Crippen LogP contribution in [0.5, 0.6) is 0 Å². The standard InChI is InChI=1S/C36H24N4.C20H14N2.C17H12BrN/c1-4-12-25(13-5-1)27-22-32(26-14-6-2-7-15-26)38-34(23-27)40-33-19-11-10-18-29(33)30-20-21-31-36(35(30)40)39(24-37-31)28-16-8-3-9-17-28;1-2-7-15(8-3-1)22-13-21-19-11-10-17-16-9-5-4-6-14(16)12-18(17)20(19)22;18-17-12-15(13-7-3-1-4-8-13)11-16(19-17)14-9-5-2-6-10-14/h1-24H;1-11,13H,12H2;1-12H. The van der Waals surface area contributed by atoms with Gasteiger partial charge in [0.15, 0.2) is 0 Å². The van der Waals surface area contributed by atoms with Gasteiger partial charge in [-0.3, -0.25) is 13.7 Å². The zero-order valence-corrected chi connectivity index (χ0v) is 45.5. The first-order chi connectivity index (χ1) is 40.1. The number of hydrogen-bond acceptors (Lipinski definition) is 4. The first kappa shape index (κ1) is 49.0. The van der Waals surface area contributed by atoms with Crippen molar-refractivity contribution in [1.82, 2.24) is 33.6 Å². The van der Waals surface area contributed by atoms with Gasteiger partial charge in [0.25, 0.3) is 0 Å². The topological polar surface area (TPSA) is 66.3 Å². The van der Waals surface area contributed by atoms with Crippen molar-refractivity contribution in [2.45, 2.75) is 6.42 Å². The number of pyridine rings is 2. The molecular formula is C73H50BrN7. The Kier molecular flexibility index (Phi) is 13.0. The van der Waals surface area contributed by atoms with Crippen LogP contribution in [0.2, 0.25) is 0 Å². The maximum absolute atomic E-state index is 5.30. The molecule has 8 heteroatoms. The molecule has 0 saturated heterocycles. The molecule has 1 aliphatic rings. The molecular weight excluding hydrogens is 1050 g/mol. The van der Waals surface area contributed by atoms with Crippen LogP contribution < -0.4 is 0 Å². The molecule has 0 aliphatic heterocycles. The minimum absolute atomic E-state index is 0.854. The van der Waals surface area contributed by atoms with Gasteiger partial charge in [0.05, 0.1) is 44.5 Å². The molecule has 0 fully saturated rings. The van der Waals surface area contributed by atoms with E-state index < -0.39 is 0 Å². The van der Waals surface area contributed by atoms with Crippen LogP contribution >= 0.6 is 15.9 Å². The lowest BCUT2D eigenvalue weighted by Crippen LogP contribution is -2.02. The van der Waals surface area contributed by atoms with E-state index in [0.29, 0.717) is 0 Å². The second kappa shape index (κ2) is 21.5. The SMILES string of the molecule is Brc1cc(-c2ccccc2)cc(-c2ccccc2)n1.c1ccc(-c2cc(-c3ccccc3)nc(-n3c4ccccc4c4ccc5ncn(-c6ccccc6)c5c43)c2)cc1.c1ccc(-n2cnc3ccc4c(c32)Cc2ccccc2-4)cc1. The maximum Gasteiger partial charge on any atom is 0.138 e. The first-order valence-corrected chi connectivity index (χ1v) is 27.9. The molecule has 5 heterocycles. The van der Waals surface area contributed by atoms with Crippen molar-refractivity contribution in [3.05, 3.63) is 307 Å². The molecule has 15 aromatic rings. The first-order valence-electron chi connectivity index (χ1n) is 27.1. The lowest BCUT2D eigenvalue weighted by Gasteiger charge is -2.14. The molecule has 384 valence electrons. The molecule has 5 aromatic heterocycles. The smallest absolute Gasteiger partial charge is 0.138 e. The van der Waals surface area contributed by atoms with Gasteiger partial charge in [0.1, 0.15) is 23.1 Å². The van der Waals surface area contributed by atoms with Crippen molar-refractivity contribution in [3.63, 3.8) is 0 Å². The van der Waals surface area contributed by atoms with E-state index in [0.717, 1.165) is 89.4 Å². The summed E-state index contributed by atoms with van der Waals surface area (Å²) in [7, 11) is 0. The summed E-state index contributed by atoms with van der Waals surface area (Å²) in [6, 6.07) is 96.8. The van der Waals surface area contributed by atoms with Crippen LogP contribution in [0.15, 0.2) is 296 Å². The van der Waals surface area contributed by atoms with Crippen LogP contribution in [0, 0.1) is 0 Å².